The summed E-state index contributed by atoms with van der Waals surface area (Å²) in [4.78, 5) is 8.70. The number of anilines is 1. The maximum Gasteiger partial charge on any atom is 0.219 e. The number of nitrogen functional groups attached to an aromatic ring is 1. The third-order valence-electron chi connectivity index (χ3n) is 2.94. The first-order valence-electron chi connectivity index (χ1n) is 6.79. The van der Waals surface area contributed by atoms with Crippen molar-refractivity contribution in [1.29, 1.82) is 0 Å². The molecular weight excluding hydrogens is 252 g/mol. The molecule has 1 unspecified atom stereocenters. The van der Waals surface area contributed by atoms with Gasteiger partial charge in [-0.15, -0.1) is 0 Å². The van der Waals surface area contributed by atoms with Crippen LogP contribution in [-0.2, 0) is 6.42 Å². The topological polar surface area (TPSA) is 73.1 Å². The number of hydrogen-bond donors (Lipinski definition) is 2. The van der Waals surface area contributed by atoms with Crippen LogP contribution in [0.3, 0.4) is 0 Å². The number of ether oxygens (including phenoxy) is 1. The van der Waals surface area contributed by atoms with Gasteiger partial charge in [-0.1, -0.05) is 37.3 Å². The Morgan fingerprint density at radius 1 is 1.25 bits per heavy atom. The fourth-order valence-electron chi connectivity index (χ4n) is 1.92. The smallest absolute Gasteiger partial charge is 0.219 e. The zero-order chi connectivity index (χ0) is 14.4. The highest BCUT2D eigenvalue weighted by molar-refractivity contribution is 5.37. The highest BCUT2D eigenvalue weighted by Crippen LogP contribution is 2.21. The Morgan fingerprint density at radius 2 is 2.00 bits per heavy atom. The average Bonchev–Trinajstić information content (AvgIpc) is 2.48. The predicted molar refractivity (Wildman–Crippen MR) is 79.3 cm³/mol. The summed E-state index contributed by atoms with van der Waals surface area (Å²) in [7, 11) is 0. The van der Waals surface area contributed by atoms with E-state index in [9.17, 15) is 0 Å². The van der Waals surface area contributed by atoms with Gasteiger partial charge in [-0.3, -0.25) is 0 Å². The normalized spacial score (nSPS) is 11.9. The minimum Gasteiger partial charge on any atom is -0.470 e. The molecule has 0 aliphatic heterocycles. The van der Waals surface area contributed by atoms with Crippen molar-refractivity contribution in [3.05, 3.63) is 47.8 Å². The molecule has 2 aromatic rings. The first kappa shape index (κ1) is 14.3. The fourth-order valence-corrected chi connectivity index (χ4v) is 1.92. The molecule has 0 aliphatic carbocycles. The molecule has 1 aromatic heterocycles. The summed E-state index contributed by atoms with van der Waals surface area (Å²) < 4.78 is 5.88. The van der Waals surface area contributed by atoms with E-state index in [1.165, 1.54) is 0 Å². The quantitative estimate of drug-likeness (QED) is 0.625. The molecule has 0 radical (unpaired) electrons. The van der Waals surface area contributed by atoms with E-state index < -0.39 is 0 Å². The Kier molecular flexibility index (Phi) is 4.90. The molecule has 0 saturated heterocycles. The summed E-state index contributed by atoms with van der Waals surface area (Å²) in [6.45, 7) is 4.07. The second-order valence-corrected chi connectivity index (χ2v) is 4.57. The Balaban J connectivity index is 2.17. The van der Waals surface area contributed by atoms with E-state index in [1.807, 2.05) is 37.3 Å². The summed E-state index contributed by atoms with van der Waals surface area (Å²) in [5, 5.41) is 0. The molecule has 5 nitrogen and oxygen atoms in total. The zero-order valence-electron chi connectivity index (χ0n) is 11.8. The number of nitrogens with zero attached hydrogens (tertiary/aromatic N) is 2. The van der Waals surface area contributed by atoms with Crippen molar-refractivity contribution in [3.63, 3.8) is 0 Å². The molecule has 0 fully saturated rings. The highest BCUT2D eigenvalue weighted by Gasteiger charge is 2.10. The van der Waals surface area contributed by atoms with Gasteiger partial charge < -0.3 is 10.2 Å². The second-order valence-electron chi connectivity index (χ2n) is 4.57. The first-order chi connectivity index (χ1) is 9.72. The molecule has 3 N–H and O–H groups in total. The standard InChI is InChI=1S/C15H20N4O/c1-3-7-13-17-14(19-16)10-15(18-13)20-11(2)12-8-5-4-6-9-12/h4-6,8-11H,3,7,16H2,1-2H3,(H,17,18,19). The van der Waals surface area contributed by atoms with E-state index in [2.05, 4.69) is 22.3 Å². The molecule has 2 rings (SSSR count). The van der Waals surface area contributed by atoms with Gasteiger partial charge in [0.05, 0.1) is 0 Å². The minimum atomic E-state index is -0.0776. The van der Waals surface area contributed by atoms with Crippen LogP contribution in [0.4, 0.5) is 5.82 Å². The van der Waals surface area contributed by atoms with Gasteiger partial charge in [0.2, 0.25) is 5.88 Å². The van der Waals surface area contributed by atoms with Gasteiger partial charge >= 0.3 is 0 Å². The van der Waals surface area contributed by atoms with Crippen molar-refractivity contribution < 1.29 is 4.74 Å². The number of aromatic nitrogens is 2. The van der Waals surface area contributed by atoms with Gasteiger partial charge in [-0.25, -0.2) is 10.8 Å². The largest absolute Gasteiger partial charge is 0.470 e. The van der Waals surface area contributed by atoms with Gasteiger partial charge in [0.1, 0.15) is 17.7 Å². The van der Waals surface area contributed by atoms with Crippen LogP contribution >= 0.6 is 0 Å². The summed E-state index contributed by atoms with van der Waals surface area (Å²) in [6, 6.07) is 11.7. The molecule has 20 heavy (non-hydrogen) atoms. The molecule has 5 heteroatoms. The molecule has 0 amide bonds. The van der Waals surface area contributed by atoms with E-state index in [-0.39, 0.29) is 6.10 Å². The van der Waals surface area contributed by atoms with Gasteiger partial charge in [0.15, 0.2) is 0 Å². The van der Waals surface area contributed by atoms with E-state index in [0.717, 1.165) is 24.2 Å². The van der Waals surface area contributed by atoms with Crippen LogP contribution in [-0.4, -0.2) is 9.97 Å². The van der Waals surface area contributed by atoms with E-state index >= 15 is 0 Å². The van der Waals surface area contributed by atoms with E-state index in [4.69, 9.17) is 10.6 Å². The maximum atomic E-state index is 5.88. The number of benzene rings is 1. The number of aryl methyl sites for hydroxylation is 1. The monoisotopic (exact) mass is 272 g/mol. The number of nitrogens with two attached hydrogens (primary N) is 1. The van der Waals surface area contributed by atoms with Crippen LogP contribution in [0.2, 0.25) is 0 Å². The summed E-state index contributed by atoms with van der Waals surface area (Å²) in [5.41, 5.74) is 3.65. The number of nitrogens with one attached hydrogen (secondary N) is 1. The molecule has 1 atom stereocenters. The van der Waals surface area contributed by atoms with Gasteiger partial charge in [-0.05, 0) is 18.9 Å². The van der Waals surface area contributed by atoms with Crippen molar-refractivity contribution >= 4 is 5.82 Å². The maximum absolute atomic E-state index is 5.88. The van der Waals surface area contributed by atoms with Crippen molar-refractivity contribution in [3.8, 4) is 5.88 Å². The Labute approximate surface area is 119 Å². The Morgan fingerprint density at radius 3 is 2.65 bits per heavy atom. The van der Waals surface area contributed by atoms with Crippen LogP contribution in [0.15, 0.2) is 36.4 Å². The van der Waals surface area contributed by atoms with E-state index in [0.29, 0.717) is 11.7 Å². The molecule has 0 saturated carbocycles. The predicted octanol–water partition coefficient (Wildman–Crippen LogP) is 2.85. The molecule has 0 bridgehead atoms. The molecule has 0 spiro atoms. The number of hydrogen-bond acceptors (Lipinski definition) is 5. The third kappa shape index (κ3) is 3.68. The van der Waals surface area contributed by atoms with Crippen molar-refractivity contribution in [2.75, 3.05) is 5.43 Å². The van der Waals surface area contributed by atoms with Crippen molar-refractivity contribution in [2.45, 2.75) is 32.8 Å². The molecule has 1 aromatic carbocycles. The van der Waals surface area contributed by atoms with E-state index in [1.54, 1.807) is 6.07 Å². The SMILES string of the molecule is CCCc1nc(NN)cc(OC(C)c2ccccc2)n1. The molecular formula is C15H20N4O. The minimum absolute atomic E-state index is 0.0776. The van der Waals surface area contributed by atoms with Gasteiger partial charge in [0.25, 0.3) is 0 Å². The summed E-state index contributed by atoms with van der Waals surface area (Å²) >= 11 is 0. The lowest BCUT2D eigenvalue weighted by molar-refractivity contribution is 0.216. The molecule has 1 heterocycles. The van der Waals surface area contributed by atoms with Gasteiger partial charge in [0, 0.05) is 12.5 Å². The van der Waals surface area contributed by atoms with Crippen LogP contribution in [0, 0.1) is 0 Å². The highest BCUT2D eigenvalue weighted by atomic mass is 16.5. The van der Waals surface area contributed by atoms with Crippen molar-refractivity contribution in [2.24, 2.45) is 5.84 Å². The third-order valence-corrected chi connectivity index (χ3v) is 2.94. The van der Waals surface area contributed by atoms with Crippen LogP contribution in [0.25, 0.3) is 0 Å². The second kappa shape index (κ2) is 6.86. The van der Waals surface area contributed by atoms with Crippen LogP contribution < -0.4 is 16.0 Å². The zero-order valence-corrected chi connectivity index (χ0v) is 11.8. The Bertz CT molecular complexity index is 545. The first-order valence-corrected chi connectivity index (χ1v) is 6.79. The van der Waals surface area contributed by atoms with Crippen LogP contribution in [0.1, 0.15) is 37.8 Å². The fraction of sp³-hybridized carbons (Fsp3) is 0.333. The summed E-state index contributed by atoms with van der Waals surface area (Å²) in [6.07, 6.45) is 1.69. The lowest BCUT2D eigenvalue weighted by Gasteiger charge is -2.15. The summed E-state index contributed by atoms with van der Waals surface area (Å²) in [5.74, 6) is 7.27. The van der Waals surface area contributed by atoms with Gasteiger partial charge in [-0.2, -0.15) is 4.98 Å². The lowest BCUT2D eigenvalue weighted by atomic mass is 10.1. The number of rotatable bonds is 6. The average molecular weight is 272 g/mol. The lowest BCUT2D eigenvalue weighted by Crippen LogP contribution is -2.12. The van der Waals surface area contributed by atoms with Crippen molar-refractivity contribution in [1.82, 2.24) is 9.97 Å². The Hall–Kier alpha value is -2.14. The molecule has 0 aliphatic rings. The molecule has 106 valence electrons. The number of hydrazine groups is 1. The van der Waals surface area contributed by atoms with Crippen LogP contribution in [0.5, 0.6) is 5.88 Å².